The molecule has 27 heavy (non-hydrogen) atoms. The number of hydrogen-bond acceptors (Lipinski definition) is 3. The number of hydrogen-bond donors (Lipinski definition) is 0. The van der Waals surface area contributed by atoms with Crippen molar-refractivity contribution in [1.29, 1.82) is 0 Å². The van der Waals surface area contributed by atoms with Crippen molar-refractivity contribution in [2.45, 2.75) is 25.9 Å². The number of allylic oxidation sites excluding steroid dienone is 1. The zero-order valence-electron chi connectivity index (χ0n) is 15.4. The smallest absolute Gasteiger partial charge is 0.137 e. The largest absolute Gasteiger partial charge is 0.496 e. The van der Waals surface area contributed by atoms with Crippen LogP contribution in [0.3, 0.4) is 0 Å². The Labute approximate surface area is 156 Å². The van der Waals surface area contributed by atoms with Gasteiger partial charge in [-0.25, -0.2) is 8.78 Å². The summed E-state index contributed by atoms with van der Waals surface area (Å²) in [7, 11) is 3.05. The molecule has 1 unspecified atom stereocenters. The lowest BCUT2D eigenvalue weighted by molar-refractivity contribution is 0.265. The summed E-state index contributed by atoms with van der Waals surface area (Å²) in [4.78, 5) is 0. The molecule has 2 aromatic rings. The van der Waals surface area contributed by atoms with Crippen molar-refractivity contribution in [3.05, 3.63) is 70.3 Å². The van der Waals surface area contributed by atoms with Gasteiger partial charge in [-0.3, -0.25) is 0 Å². The summed E-state index contributed by atoms with van der Waals surface area (Å²) in [5, 5.41) is 0. The van der Waals surface area contributed by atoms with E-state index in [9.17, 15) is 8.78 Å². The third-order valence-corrected chi connectivity index (χ3v) is 4.78. The van der Waals surface area contributed by atoms with Crippen LogP contribution in [0, 0.1) is 11.6 Å². The highest BCUT2D eigenvalue weighted by Crippen LogP contribution is 2.43. The Morgan fingerprint density at radius 2 is 1.89 bits per heavy atom. The third kappa shape index (κ3) is 3.18. The Bertz CT molecular complexity index is 970. The Morgan fingerprint density at radius 3 is 2.56 bits per heavy atom. The SMILES string of the molecule is COC(=C1CC1)c1ccc2c(c1)C(c1c(F)cc(F)cc1OC)=CC(C)O2. The van der Waals surface area contributed by atoms with Crippen LogP contribution in [0.25, 0.3) is 11.3 Å². The summed E-state index contributed by atoms with van der Waals surface area (Å²) >= 11 is 0. The molecule has 1 aliphatic heterocycles. The molecule has 0 saturated heterocycles. The van der Waals surface area contributed by atoms with Crippen LogP contribution in [0.15, 0.2) is 42.0 Å². The molecule has 1 saturated carbocycles. The van der Waals surface area contributed by atoms with Crippen LogP contribution >= 0.6 is 0 Å². The van der Waals surface area contributed by atoms with Gasteiger partial charge in [0, 0.05) is 23.3 Å². The maximum atomic E-state index is 14.7. The maximum absolute atomic E-state index is 14.7. The first kappa shape index (κ1) is 17.6. The summed E-state index contributed by atoms with van der Waals surface area (Å²) < 4.78 is 45.1. The lowest BCUT2D eigenvalue weighted by Crippen LogP contribution is -2.16. The van der Waals surface area contributed by atoms with Crippen LogP contribution in [-0.2, 0) is 4.74 Å². The molecule has 0 aromatic heterocycles. The second-order valence-corrected chi connectivity index (χ2v) is 6.72. The number of benzene rings is 2. The van der Waals surface area contributed by atoms with E-state index in [1.165, 1.54) is 18.7 Å². The second-order valence-electron chi connectivity index (χ2n) is 6.72. The zero-order chi connectivity index (χ0) is 19.1. The lowest BCUT2D eigenvalue weighted by Gasteiger charge is -2.25. The van der Waals surface area contributed by atoms with Gasteiger partial charge in [-0.1, -0.05) is 0 Å². The molecule has 4 rings (SSSR count). The minimum Gasteiger partial charge on any atom is -0.496 e. The van der Waals surface area contributed by atoms with Crippen LogP contribution in [-0.4, -0.2) is 20.3 Å². The minimum atomic E-state index is -0.678. The highest BCUT2D eigenvalue weighted by molar-refractivity contribution is 5.88. The van der Waals surface area contributed by atoms with E-state index in [0.29, 0.717) is 11.3 Å². The molecule has 0 amide bonds. The Balaban J connectivity index is 1.90. The van der Waals surface area contributed by atoms with Crippen molar-refractivity contribution < 1.29 is 23.0 Å². The lowest BCUT2D eigenvalue weighted by atomic mass is 9.91. The number of ether oxygens (including phenoxy) is 3. The molecule has 5 heteroatoms. The van der Waals surface area contributed by atoms with Crippen molar-refractivity contribution >= 4 is 11.3 Å². The Hall–Kier alpha value is -2.82. The van der Waals surface area contributed by atoms with Gasteiger partial charge >= 0.3 is 0 Å². The molecule has 2 aromatic carbocycles. The predicted molar refractivity (Wildman–Crippen MR) is 99.7 cm³/mol. The van der Waals surface area contributed by atoms with Crippen molar-refractivity contribution in [2.24, 2.45) is 0 Å². The van der Waals surface area contributed by atoms with E-state index in [1.54, 1.807) is 7.11 Å². The molecular weight excluding hydrogens is 350 g/mol. The van der Waals surface area contributed by atoms with Crippen molar-refractivity contribution in [1.82, 2.24) is 0 Å². The molecule has 0 radical (unpaired) electrons. The molecule has 0 N–H and O–H groups in total. The monoisotopic (exact) mass is 370 g/mol. The average molecular weight is 370 g/mol. The predicted octanol–water partition coefficient (Wildman–Crippen LogP) is 5.34. The number of halogens is 2. The molecule has 1 aliphatic carbocycles. The number of methoxy groups -OCH3 is 2. The van der Waals surface area contributed by atoms with Gasteiger partial charge in [-0.2, -0.15) is 0 Å². The highest BCUT2D eigenvalue weighted by atomic mass is 19.1. The van der Waals surface area contributed by atoms with Crippen LogP contribution in [0.5, 0.6) is 11.5 Å². The summed E-state index contributed by atoms with van der Waals surface area (Å²) in [6, 6.07) is 7.80. The highest BCUT2D eigenvalue weighted by Gasteiger charge is 2.27. The van der Waals surface area contributed by atoms with E-state index in [4.69, 9.17) is 14.2 Å². The quantitative estimate of drug-likeness (QED) is 0.680. The van der Waals surface area contributed by atoms with E-state index in [0.717, 1.165) is 35.8 Å². The van der Waals surface area contributed by atoms with E-state index >= 15 is 0 Å². The van der Waals surface area contributed by atoms with Gasteiger partial charge in [-0.15, -0.1) is 0 Å². The van der Waals surface area contributed by atoms with Gasteiger partial charge in [-0.05, 0) is 55.2 Å². The van der Waals surface area contributed by atoms with Gasteiger partial charge in [0.25, 0.3) is 0 Å². The van der Waals surface area contributed by atoms with Gasteiger partial charge in [0.05, 0.1) is 19.8 Å². The van der Waals surface area contributed by atoms with Crippen LogP contribution in [0.4, 0.5) is 8.78 Å². The minimum absolute atomic E-state index is 0.150. The molecule has 140 valence electrons. The molecule has 0 spiro atoms. The van der Waals surface area contributed by atoms with Crippen LogP contribution in [0.2, 0.25) is 0 Å². The first-order valence-corrected chi connectivity index (χ1v) is 8.84. The summed E-state index contributed by atoms with van der Waals surface area (Å²) in [5.74, 6) is 0.295. The van der Waals surface area contributed by atoms with Gasteiger partial charge < -0.3 is 14.2 Å². The Morgan fingerprint density at radius 1 is 1.11 bits per heavy atom. The fourth-order valence-electron chi connectivity index (χ4n) is 3.49. The van der Waals surface area contributed by atoms with Gasteiger partial charge in [0.2, 0.25) is 0 Å². The van der Waals surface area contributed by atoms with E-state index in [1.807, 2.05) is 31.2 Å². The number of fused-ring (bicyclic) bond motifs is 1. The molecule has 1 heterocycles. The number of rotatable bonds is 4. The van der Waals surface area contributed by atoms with Crippen LogP contribution < -0.4 is 9.47 Å². The van der Waals surface area contributed by atoms with Gasteiger partial charge in [0.15, 0.2) is 0 Å². The average Bonchev–Trinajstić information content (AvgIpc) is 3.46. The Kier molecular flexibility index (Phi) is 4.38. The van der Waals surface area contributed by atoms with E-state index < -0.39 is 11.6 Å². The van der Waals surface area contributed by atoms with Gasteiger partial charge in [0.1, 0.15) is 35.0 Å². The molecular formula is C22H20F2O3. The molecule has 1 fully saturated rings. The van der Waals surface area contributed by atoms with Crippen molar-refractivity contribution in [3.8, 4) is 11.5 Å². The summed E-state index contributed by atoms with van der Waals surface area (Å²) in [5.41, 5.74) is 3.75. The summed E-state index contributed by atoms with van der Waals surface area (Å²) in [6.45, 7) is 1.87. The first-order valence-electron chi connectivity index (χ1n) is 8.84. The molecule has 1 atom stereocenters. The standard InChI is InChI=1S/C22H20F2O3/c1-12-8-17(21-18(24)10-15(23)11-20(21)25-2)16-9-14(6-7-19(16)27-12)22(26-3)13-4-5-13/h6-12H,4-5H2,1-3H3. The summed E-state index contributed by atoms with van der Waals surface area (Å²) in [6.07, 6.45) is 3.62. The fourth-order valence-corrected chi connectivity index (χ4v) is 3.49. The zero-order valence-corrected chi connectivity index (χ0v) is 15.4. The van der Waals surface area contributed by atoms with E-state index in [2.05, 4.69) is 0 Å². The third-order valence-electron chi connectivity index (χ3n) is 4.78. The fraction of sp³-hybridized carbons (Fsp3) is 0.273. The second kappa shape index (κ2) is 6.72. The normalized spacial score (nSPS) is 17.6. The first-order chi connectivity index (χ1) is 13.0. The van der Waals surface area contributed by atoms with E-state index in [-0.39, 0.29) is 17.4 Å². The molecule has 2 aliphatic rings. The van der Waals surface area contributed by atoms with Crippen molar-refractivity contribution in [2.75, 3.05) is 14.2 Å². The molecule has 0 bridgehead atoms. The van der Waals surface area contributed by atoms with Crippen LogP contribution in [0.1, 0.15) is 36.5 Å². The molecule has 3 nitrogen and oxygen atoms in total. The van der Waals surface area contributed by atoms with Crippen molar-refractivity contribution in [3.63, 3.8) is 0 Å². The topological polar surface area (TPSA) is 27.7 Å². The maximum Gasteiger partial charge on any atom is 0.137 e.